The van der Waals surface area contributed by atoms with Crippen LogP contribution in [-0.4, -0.2) is 73.0 Å². The Balaban J connectivity index is 1.30. The summed E-state index contributed by atoms with van der Waals surface area (Å²) in [6.07, 6.45) is 7.28. The Morgan fingerprint density at radius 2 is 1.72 bits per heavy atom. The van der Waals surface area contributed by atoms with Crippen molar-refractivity contribution in [3.05, 3.63) is 35.9 Å². The molecular weight excluding hydrogens is 364 g/mol. The highest BCUT2D eigenvalue weighted by molar-refractivity contribution is 5.78. The topological polar surface area (TPSA) is 55.9 Å². The van der Waals surface area contributed by atoms with E-state index in [4.69, 9.17) is 0 Å². The van der Waals surface area contributed by atoms with E-state index in [1.54, 1.807) is 11.9 Å². The molecule has 0 spiro atoms. The van der Waals surface area contributed by atoms with Crippen LogP contribution in [0.15, 0.2) is 30.3 Å². The highest BCUT2D eigenvalue weighted by atomic mass is 16.2. The zero-order valence-corrected chi connectivity index (χ0v) is 17.8. The minimum Gasteiger partial charge on any atom is -0.340 e. The van der Waals surface area contributed by atoms with Gasteiger partial charge in [0.05, 0.1) is 0 Å². The van der Waals surface area contributed by atoms with Gasteiger partial charge in [0, 0.05) is 59.3 Å². The lowest BCUT2D eigenvalue weighted by molar-refractivity contribution is -0.132. The van der Waals surface area contributed by atoms with Crippen molar-refractivity contribution < 1.29 is 9.59 Å². The number of urea groups is 1. The molecule has 6 nitrogen and oxygen atoms in total. The van der Waals surface area contributed by atoms with E-state index in [0.29, 0.717) is 19.5 Å². The van der Waals surface area contributed by atoms with Crippen LogP contribution in [0.25, 0.3) is 0 Å². The summed E-state index contributed by atoms with van der Waals surface area (Å²) in [7, 11) is 1.77. The number of carbonyl (C=O) groups excluding carboxylic acids is 2. The number of rotatable bonds is 7. The Bertz CT molecular complexity index is 638. The first-order valence-corrected chi connectivity index (χ1v) is 11.1. The van der Waals surface area contributed by atoms with Crippen molar-refractivity contribution in [3.8, 4) is 0 Å². The fourth-order valence-electron chi connectivity index (χ4n) is 4.41. The normalized spacial score (nSPS) is 18.4. The van der Waals surface area contributed by atoms with Crippen molar-refractivity contribution >= 4 is 11.9 Å². The minimum atomic E-state index is -0.140. The second-order valence-electron chi connectivity index (χ2n) is 8.51. The maximum Gasteiger partial charge on any atom is 0.317 e. The standard InChI is InChI=1S/C23H36N4O2/c1-25(18-20-8-4-2-5-9-20)23(29)24-13-12-22(28)27-16-14-26(15-17-27)19-21-10-6-3-7-11-21/h2,4-5,8-9,21H,3,6-7,10-19H2,1H3,(H,24,29). The summed E-state index contributed by atoms with van der Waals surface area (Å²) in [4.78, 5) is 30.8. The lowest BCUT2D eigenvalue weighted by Gasteiger charge is -2.37. The molecule has 1 aromatic carbocycles. The van der Waals surface area contributed by atoms with Crippen molar-refractivity contribution in [2.24, 2.45) is 5.92 Å². The smallest absolute Gasteiger partial charge is 0.317 e. The maximum atomic E-state index is 12.5. The van der Waals surface area contributed by atoms with E-state index in [1.807, 2.05) is 35.2 Å². The zero-order chi connectivity index (χ0) is 20.5. The van der Waals surface area contributed by atoms with Gasteiger partial charge in [0.15, 0.2) is 0 Å². The van der Waals surface area contributed by atoms with Crippen LogP contribution < -0.4 is 5.32 Å². The largest absolute Gasteiger partial charge is 0.340 e. The van der Waals surface area contributed by atoms with Crippen LogP contribution in [0.5, 0.6) is 0 Å². The average Bonchev–Trinajstić information content (AvgIpc) is 2.75. The number of hydrogen-bond acceptors (Lipinski definition) is 3. The van der Waals surface area contributed by atoms with E-state index in [-0.39, 0.29) is 11.9 Å². The molecule has 160 valence electrons. The van der Waals surface area contributed by atoms with E-state index in [0.717, 1.165) is 37.7 Å². The molecular formula is C23H36N4O2. The molecule has 0 bridgehead atoms. The van der Waals surface area contributed by atoms with Crippen LogP contribution in [0.4, 0.5) is 4.79 Å². The second kappa shape index (κ2) is 11.2. The average molecular weight is 401 g/mol. The molecule has 1 aromatic rings. The summed E-state index contributed by atoms with van der Waals surface area (Å²) in [5, 5.41) is 2.86. The number of piperazine rings is 1. The summed E-state index contributed by atoms with van der Waals surface area (Å²) in [6, 6.07) is 9.76. The first kappa shape index (κ1) is 21.6. The monoisotopic (exact) mass is 400 g/mol. The van der Waals surface area contributed by atoms with E-state index in [1.165, 1.54) is 38.6 Å². The van der Waals surface area contributed by atoms with Crippen molar-refractivity contribution in [2.75, 3.05) is 46.3 Å². The molecule has 0 atom stereocenters. The molecule has 6 heteroatoms. The molecule has 1 saturated carbocycles. The Labute approximate surface area is 175 Å². The first-order chi connectivity index (χ1) is 14.1. The van der Waals surface area contributed by atoms with Crippen molar-refractivity contribution in [1.82, 2.24) is 20.0 Å². The van der Waals surface area contributed by atoms with Crippen LogP contribution >= 0.6 is 0 Å². The number of nitrogens with one attached hydrogen (secondary N) is 1. The molecule has 0 unspecified atom stereocenters. The van der Waals surface area contributed by atoms with E-state index in [2.05, 4.69) is 10.2 Å². The van der Waals surface area contributed by atoms with Crippen LogP contribution in [0.3, 0.4) is 0 Å². The molecule has 3 amide bonds. The molecule has 3 rings (SSSR count). The fourth-order valence-corrected chi connectivity index (χ4v) is 4.41. The lowest BCUT2D eigenvalue weighted by Crippen LogP contribution is -2.50. The van der Waals surface area contributed by atoms with Gasteiger partial charge in [-0.1, -0.05) is 49.6 Å². The summed E-state index contributed by atoms with van der Waals surface area (Å²) >= 11 is 0. The van der Waals surface area contributed by atoms with Gasteiger partial charge in [-0.3, -0.25) is 9.69 Å². The predicted octanol–water partition coefficient (Wildman–Crippen LogP) is 2.94. The summed E-state index contributed by atoms with van der Waals surface area (Å²) in [5.41, 5.74) is 1.09. The molecule has 29 heavy (non-hydrogen) atoms. The quantitative estimate of drug-likeness (QED) is 0.766. The molecule has 1 N–H and O–H groups in total. The third-order valence-corrected chi connectivity index (χ3v) is 6.19. The minimum absolute atomic E-state index is 0.140. The third-order valence-electron chi connectivity index (χ3n) is 6.19. The SMILES string of the molecule is CN(Cc1ccccc1)C(=O)NCCC(=O)N1CCN(CC2CCCCC2)CC1. The first-order valence-electron chi connectivity index (χ1n) is 11.1. The van der Waals surface area contributed by atoms with Gasteiger partial charge in [-0.15, -0.1) is 0 Å². The van der Waals surface area contributed by atoms with Gasteiger partial charge in [-0.05, 0) is 24.3 Å². The highest BCUT2D eigenvalue weighted by Gasteiger charge is 2.23. The van der Waals surface area contributed by atoms with E-state index >= 15 is 0 Å². The molecule has 1 aliphatic carbocycles. The van der Waals surface area contributed by atoms with Gasteiger partial charge >= 0.3 is 6.03 Å². The van der Waals surface area contributed by atoms with Gasteiger partial charge in [0.1, 0.15) is 0 Å². The van der Waals surface area contributed by atoms with Gasteiger partial charge in [0.25, 0.3) is 0 Å². The molecule has 1 aliphatic heterocycles. The van der Waals surface area contributed by atoms with Crippen LogP contribution in [0.2, 0.25) is 0 Å². The summed E-state index contributed by atoms with van der Waals surface area (Å²) in [5.74, 6) is 1.00. The van der Waals surface area contributed by atoms with E-state index in [9.17, 15) is 9.59 Å². The molecule has 2 aliphatic rings. The number of carbonyl (C=O) groups is 2. The fraction of sp³-hybridized carbons (Fsp3) is 0.652. The number of nitrogens with zero attached hydrogens (tertiary/aromatic N) is 3. The Kier molecular flexibility index (Phi) is 8.35. The maximum absolute atomic E-state index is 12.5. The van der Waals surface area contributed by atoms with Crippen LogP contribution in [0, 0.1) is 5.92 Å². The van der Waals surface area contributed by atoms with Crippen molar-refractivity contribution in [2.45, 2.75) is 45.1 Å². The van der Waals surface area contributed by atoms with E-state index < -0.39 is 0 Å². The van der Waals surface area contributed by atoms with Crippen LogP contribution in [-0.2, 0) is 11.3 Å². The highest BCUT2D eigenvalue weighted by Crippen LogP contribution is 2.24. The molecule has 0 aromatic heterocycles. The molecule has 1 heterocycles. The van der Waals surface area contributed by atoms with Crippen LogP contribution in [0.1, 0.15) is 44.1 Å². The predicted molar refractivity (Wildman–Crippen MR) is 116 cm³/mol. The van der Waals surface area contributed by atoms with Crippen molar-refractivity contribution in [3.63, 3.8) is 0 Å². The second-order valence-corrected chi connectivity index (χ2v) is 8.51. The lowest BCUT2D eigenvalue weighted by atomic mass is 9.89. The van der Waals surface area contributed by atoms with Gasteiger partial charge in [-0.25, -0.2) is 4.79 Å². The number of benzene rings is 1. The number of amides is 3. The number of hydrogen-bond donors (Lipinski definition) is 1. The Morgan fingerprint density at radius 1 is 1.03 bits per heavy atom. The molecule has 2 fully saturated rings. The molecule has 0 radical (unpaired) electrons. The summed E-state index contributed by atoms with van der Waals surface area (Å²) in [6.45, 7) is 5.73. The van der Waals surface area contributed by atoms with Gasteiger partial charge < -0.3 is 15.1 Å². The summed E-state index contributed by atoms with van der Waals surface area (Å²) < 4.78 is 0. The van der Waals surface area contributed by atoms with Crippen molar-refractivity contribution in [1.29, 1.82) is 0 Å². The third kappa shape index (κ3) is 7.03. The molecule has 1 saturated heterocycles. The van der Waals surface area contributed by atoms with Gasteiger partial charge in [-0.2, -0.15) is 0 Å². The Hall–Kier alpha value is -2.08. The zero-order valence-electron chi connectivity index (χ0n) is 17.8. The Morgan fingerprint density at radius 3 is 2.41 bits per heavy atom. The van der Waals surface area contributed by atoms with Gasteiger partial charge in [0.2, 0.25) is 5.91 Å².